The van der Waals surface area contributed by atoms with Gasteiger partial charge in [-0.25, -0.2) is 14.4 Å². The molecule has 224 valence electrons. The lowest BCUT2D eigenvalue weighted by molar-refractivity contribution is -0.210. The minimum atomic E-state index is -3.67. The highest BCUT2D eigenvalue weighted by molar-refractivity contribution is 9.10. The normalized spacial score (nSPS) is 19.1. The van der Waals surface area contributed by atoms with E-state index in [0.717, 1.165) is 22.8 Å². The van der Waals surface area contributed by atoms with Gasteiger partial charge in [0.1, 0.15) is 33.2 Å². The van der Waals surface area contributed by atoms with Crippen LogP contribution in [0, 0.1) is 5.82 Å². The van der Waals surface area contributed by atoms with Gasteiger partial charge in [-0.3, -0.25) is 0 Å². The molecule has 1 aromatic heterocycles. The van der Waals surface area contributed by atoms with Crippen molar-refractivity contribution >= 4 is 22.0 Å². The molecule has 6 nitrogen and oxygen atoms in total. The number of nitrogens with zero attached hydrogens (tertiary/aromatic N) is 2. The predicted molar refractivity (Wildman–Crippen MR) is 162 cm³/mol. The van der Waals surface area contributed by atoms with Crippen molar-refractivity contribution in [3.63, 3.8) is 0 Å². The first kappa shape index (κ1) is 30.4. The highest BCUT2D eigenvalue weighted by Gasteiger charge is 2.67. The van der Waals surface area contributed by atoms with Crippen LogP contribution in [0.4, 0.5) is 13.2 Å². The van der Waals surface area contributed by atoms with Gasteiger partial charge in [0.05, 0.1) is 14.2 Å². The maximum atomic E-state index is 16.3. The van der Waals surface area contributed by atoms with Gasteiger partial charge in [-0.1, -0.05) is 54.6 Å². The van der Waals surface area contributed by atoms with Gasteiger partial charge in [0, 0.05) is 0 Å². The Kier molecular flexibility index (Phi) is 7.94. The zero-order valence-corrected chi connectivity index (χ0v) is 25.9. The average molecular weight is 655 g/mol. The van der Waals surface area contributed by atoms with Crippen LogP contribution in [0.1, 0.15) is 43.2 Å². The molecule has 1 atom stereocenters. The molecule has 0 amide bonds. The molecule has 0 fully saturated rings. The van der Waals surface area contributed by atoms with Crippen molar-refractivity contribution in [2.75, 3.05) is 14.2 Å². The number of halogens is 4. The topological polar surface area (TPSA) is 65.0 Å². The summed E-state index contributed by atoms with van der Waals surface area (Å²) in [6, 6.07) is 26.4. The Hall–Kier alpha value is -4.05. The maximum absolute atomic E-state index is 16.3. The number of aliphatic imine (C=N–C) groups is 1. The van der Waals surface area contributed by atoms with E-state index < -0.39 is 34.1 Å². The van der Waals surface area contributed by atoms with Crippen molar-refractivity contribution in [1.82, 2.24) is 10.3 Å². The molecule has 4 aromatic rings. The molecule has 10 heteroatoms. The molecular formula is C33H31BrF3N3O3. The second kappa shape index (κ2) is 11.2. The van der Waals surface area contributed by atoms with E-state index in [1.54, 1.807) is 14.2 Å². The summed E-state index contributed by atoms with van der Waals surface area (Å²) in [5.41, 5.74) is -4.05. The van der Waals surface area contributed by atoms with Crippen LogP contribution in [-0.4, -0.2) is 36.7 Å². The molecule has 1 aliphatic heterocycles. The summed E-state index contributed by atoms with van der Waals surface area (Å²) in [6.45, 7) is 3.67. The number of pyridine rings is 1. The maximum Gasteiger partial charge on any atom is 0.316 e. The summed E-state index contributed by atoms with van der Waals surface area (Å²) in [7, 11) is 3.15. The van der Waals surface area contributed by atoms with E-state index in [0.29, 0.717) is 11.5 Å². The zero-order valence-electron chi connectivity index (χ0n) is 24.3. The van der Waals surface area contributed by atoms with Crippen molar-refractivity contribution in [3.8, 4) is 11.5 Å². The van der Waals surface area contributed by atoms with E-state index in [1.807, 2.05) is 78.9 Å². The van der Waals surface area contributed by atoms with Gasteiger partial charge in [-0.05, 0) is 89.8 Å². The second-order valence-electron chi connectivity index (χ2n) is 10.8. The molecule has 2 heterocycles. The summed E-state index contributed by atoms with van der Waals surface area (Å²) in [4.78, 5) is 8.54. The van der Waals surface area contributed by atoms with Gasteiger partial charge >= 0.3 is 5.92 Å². The predicted octanol–water partition coefficient (Wildman–Crippen LogP) is 7.60. The van der Waals surface area contributed by atoms with Crippen LogP contribution in [0.3, 0.4) is 0 Å². The van der Waals surface area contributed by atoms with Crippen LogP contribution in [0.25, 0.3) is 0 Å². The number of nitrogens with one attached hydrogen (secondary N) is 1. The van der Waals surface area contributed by atoms with E-state index in [4.69, 9.17) is 14.2 Å². The SMILES string of the molecule is COc1ccc(C(NC2=NC(C)(c3nc(Br)ccc3F)C(F)(F)C(C)(C)O2)(c2ccccc2)c2ccc(OC)cc2)cc1. The van der Waals surface area contributed by atoms with Crippen LogP contribution in [0.15, 0.2) is 101 Å². The van der Waals surface area contributed by atoms with Gasteiger partial charge < -0.3 is 19.5 Å². The lowest BCUT2D eigenvalue weighted by atomic mass is 9.76. The zero-order chi connectivity index (χ0) is 31.0. The molecule has 0 aliphatic carbocycles. The van der Waals surface area contributed by atoms with Crippen molar-refractivity contribution in [2.45, 2.75) is 43.4 Å². The number of hydrogen-bond donors (Lipinski definition) is 1. The molecule has 1 aliphatic rings. The van der Waals surface area contributed by atoms with Gasteiger partial charge in [-0.2, -0.15) is 8.78 Å². The molecule has 5 rings (SSSR count). The Morgan fingerprint density at radius 2 is 1.28 bits per heavy atom. The smallest absolute Gasteiger partial charge is 0.316 e. The fourth-order valence-corrected chi connectivity index (χ4v) is 5.76. The fourth-order valence-electron chi connectivity index (χ4n) is 5.45. The number of hydrogen-bond acceptors (Lipinski definition) is 6. The van der Waals surface area contributed by atoms with E-state index >= 15 is 13.2 Å². The van der Waals surface area contributed by atoms with Crippen LogP contribution >= 0.6 is 15.9 Å². The molecule has 0 spiro atoms. The van der Waals surface area contributed by atoms with Crippen LogP contribution in [0.5, 0.6) is 11.5 Å². The van der Waals surface area contributed by atoms with E-state index in [-0.39, 0.29) is 10.6 Å². The molecule has 0 bridgehead atoms. The standard InChI is InChI=1S/C33H31BrF3N3O3/c1-30(2)33(36,37)31(3,28-26(35)19-20-27(34)38-28)39-29(43-30)40-32(21-9-7-6-8-10-21,22-11-15-24(41-4)16-12-22)23-13-17-25(42-5)18-14-23/h6-20H,1-5H3,(H,39,40). The summed E-state index contributed by atoms with van der Waals surface area (Å²) in [5.74, 6) is -3.31. The first-order chi connectivity index (χ1) is 20.4. The summed E-state index contributed by atoms with van der Waals surface area (Å²) < 4.78 is 64.7. The number of rotatable bonds is 7. The van der Waals surface area contributed by atoms with E-state index in [2.05, 4.69) is 31.2 Å². The van der Waals surface area contributed by atoms with E-state index in [1.165, 1.54) is 26.8 Å². The quantitative estimate of drug-likeness (QED) is 0.164. The Bertz CT molecular complexity index is 1580. The number of amidine groups is 1. The van der Waals surface area contributed by atoms with Crippen molar-refractivity contribution in [1.29, 1.82) is 0 Å². The molecule has 1 unspecified atom stereocenters. The van der Waals surface area contributed by atoms with Gasteiger partial charge in [0.25, 0.3) is 6.02 Å². The minimum absolute atomic E-state index is 0.199. The Morgan fingerprint density at radius 3 is 1.79 bits per heavy atom. The molecule has 3 aromatic carbocycles. The summed E-state index contributed by atoms with van der Waals surface area (Å²) in [5, 5.41) is 3.40. The second-order valence-corrected chi connectivity index (χ2v) is 11.7. The molecule has 0 radical (unpaired) electrons. The lowest BCUT2D eigenvalue weighted by Gasteiger charge is -2.48. The minimum Gasteiger partial charge on any atom is -0.497 e. The molecule has 0 saturated heterocycles. The van der Waals surface area contributed by atoms with Crippen LogP contribution in [0.2, 0.25) is 0 Å². The molecular weight excluding hydrogens is 623 g/mol. The summed E-state index contributed by atoms with van der Waals surface area (Å²) >= 11 is 3.19. The van der Waals surface area contributed by atoms with Crippen molar-refractivity contribution in [3.05, 3.63) is 124 Å². The largest absolute Gasteiger partial charge is 0.497 e. The number of alkyl halides is 2. The van der Waals surface area contributed by atoms with Crippen LogP contribution < -0.4 is 14.8 Å². The Balaban J connectivity index is 1.80. The first-order valence-electron chi connectivity index (χ1n) is 13.5. The number of methoxy groups -OCH3 is 2. The van der Waals surface area contributed by atoms with Gasteiger partial charge in [0.15, 0.2) is 11.1 Å². The lowest BCUT2D eigenvalue weighted by Crippen LogP contribution is -2.64. The molecule has 1 N–H and O–H groups in total. The fraction of sp³-hybridized carbons (Fsp3) is 0.273. The third-order valence-corrected chi connectivity index (χ3v) is 8.31. The van der Waals surface area contributed by atoms with Crippen molar-refractivity contribution in [2.24, 2.45) is 4.99 Å². The van der Waals surface area contributed by atoms with E-state index in [9.17, 15) is 0 Å². The highest BCUT2D eigenvalue weighted by atomic mass is 79.9. The number of benzene rings is 3. The highest BCUT2D eigenvalue weighted by Crippen LogP contribution is 2.52. The van der Waals surface area contributed by atoms with Gasteiger partial charge in [0.2, 0.25) is 0 Å². The first-order valence-corrected chi connectivity index (χ1v) is 14.3. The average Bonchev–Trinajstić information content (AvgIpc) is 3.00. The monoisotopic (exact) mass is 653 g/mol. The molecule has 0 saturated carbocycles. The Morgan fingerprint density at radius 1 is 0.767 bits per heavy atom. The van der Waals surface area contributed by atoms with Crippen LogP contribution in [-0.2, 0) is 15.8 Å². The van der Waals surface area contributed by atoms with Gasteiger partial charge in [-0.15, -0.1) is 0 Å². The Labute approximate surface area is 257 Å². The third-order valence-electron chi connectivity index (χ3n) is 7.86. The van der Waals surface area contributed by atoms with Crippen molar-refractivity contribution < 1.29 is 27.4 Å². The number of ether oxygens (including phenoxy) is 3. The molecule has 43 heavy (non-hydrogen) atoms. The summed E-state index contributed by atoms with van der Waals surface area (Å²) in [6.07, 6.45) is 0. The number of aromatic nitrogens is 1. The third kappa shape index (κ3) is 5.11.